The van der Waals surface area contributed by atoms with Crippen LogP contribution in [0.5, 0.6) is 5.88 Å². The molecule has 1 heterocycles. The Bertz CT molecular complexity index is 455. The molecule has 3 N–H and O–H groups in total. The molecule has 0 fully saturated rings. The number of ether oxygens (including phenoxy) is 1. The fraction of sp³-hybridized carbons (Fsp3) is 0.600. The molecule has 0 saturated carbocycles. The van der Waals surface area contributed by atoms with Crippen LogP contribution >= 0.6 is 12.4 Å². The van der Waals surface area contributed by atoms with Crippen molar-refractivity contribution < 1.29 is 9.53 Å². The lowest BCUT2D eigenvalue weighted by molar-refractivity contribution is -0.123. The average molecular weight is 331 g/mol. The summed E-state index contributed by atoms with van der Waals surface area (Å²) in [6.45, 7) is 5.67. The fourth-order valence-corrected chi connectivity index (χ4v) is 1.58. The van der Waals surface area contributed by atoms with E-state index in [9.17, 15) is 4.79 Å². The summed E-state index contributed by atoms with van der Waals surface area (Å²) in [6.07, 6.45) is 1.68. The number of pyridine rings is 1. The molecule has 0 radical (unpaired) electrons. The van der Waals surface area contributed by atoms with Crippen LogP contribution in [0, 0.1) is 5.92 Å². The van der Waals surface area contributed by atoms with Crippen LogP contribution in [-0.4, -0.2) is 49.1 Å². The van der Waals surface area contributed by atoms with Crippen LogP contribution in [0.2, 0.25) is 0 Å². The molecule has 0 aliphatic heterocycles. The van der Waals surface area contributed by atoms with Crippen LogP contribution in [-0.2, 0) is 11.3 Å². The summed E-state index contributed by atoms with van der Waals surface area (Å²) in [5, 5.41) is 2.83. The molecule has 126 valence electrons. The molecule has 0 saturated heterocycles. The molecule has 0 bridgehead atoms. The van der Waals surface area contributed by atoms with Gasteiger partial charge in [0, 0.05) is 25.4 Å². The molecule has 22 heavy (non-hydrogen) atoms. The van der Waals surface area contributed by atoms with Crippen LogP contribution in [0.4, 0.5) is 0 Å². The number of nitrogens with one attached hydrogen (secondary N) is 1. The third-order valence-electron chi connectivity index (χ3n) is 3.08. The van der Waals surface area contributed by atoms with E-state index in [0.717, 1.165) is 12.1 Å². The second kappa shape index (κ2) is 10.4. The molecule has 0 aliphatic carbocycles. The number of halogens is 1. The van der Waals surface area contributed by atoms with Crippen LogP contribution in [0.25, 0.3) is 0 Å². The fourth-order valence-electron chi connectivity index (χ4n) is 1.58. The second-order valence-corrected chi connectivity index (χ2v) is 5.64. The summed E-state index contributed by atoms with van der Waals surface area (Å²) in [7, 11) is 3.97. The van der Waals surface area contributed by atoms with E-state index in [-0.39, 0.29) is 24.2 Å². The predicted molar refractivity (Wildman–Crippen MR) is 90.2 cm³/mol. The van der Waals surface area contributed by atoms with Gasteiger partial charge in [-0.25, -0.2) is 4.98 Å². The third kappa shape index (κ3) is 7.59. The Balaban J connectivity index is 0.00000441. The molecule has 7 heteroatoms. The Morgan fingerprint density at radius 1 is 1.45 bits per heavy atom. The van der Waals surface area contributed by atoms with E-state index in [0.29, 0.717) is 19.0 Å². The highest BCUT2D eigenvalue weighted by molar-refractivity contribution is 5.85. The molecular formula is C15H27ClN4O2. The monoisotopic (exact) mass is 330 g/mol. The quantitative estimate of drug-likeness (QED) is 0.744. The first-order valence-corrected chi connectivity index (χ1v) is 7.16. The smallest absolute Gasteiger partial charge is 0.237 e. The van der Waals surface area contributed by atoms with E-state index in [2.05, 4.69) is 10.3 Å². The average Bonchev–Trinajstić information content (AvgIpc) is 2.44. The van der Waals surface area contributed by atoms with Gasteiger partial charge in [-0.3, -0.25) is 4.79 Å². The lowest BCUT2D eigenvalue weighted by Crippen LogP contribution is -2.43. The van der Waals surface area contributed by atoms with Gasteiger partial charge in [0.2, 0.25) is 11.8 Å². The summed E-state index contributed by atoms with van der Waals surface area (Å²) in [6, 6.07) is 3.19. The Morgan fingerprint density at radius 3 is 2.73 bits per heavy atom. The molecule has 0 aliphatic rings. The number of hydrogen-bond acceptors (Lipinski definition) is 5. The number of amides is 1. The molecule has 6 nitrogen and oxygen atoms in total. The minimum Gasteiger partial charge on any atom is -0.476 e. The number of carbonyl (C=O) groups excluding carboxylic acids is 1. The number of aromatic nitrogens is 1. The van der Waals surface area contributed by atoms with Gasteiger partial charge in [-0.15, -0.1) is 12.4 Å². The standard InChI is InChI=1S/C15H26N4O2.ClH/c1-11(2)14(16)15(20)18-10-12-5-6-17-13(9-12)21-8-7-19(3)4;/h5-6,9,11,14H,7-8,10,16H2,1-4H3,(H,18,20);1H/t14-;/m0./s1. The minimum absolute atomic E-state index is 0. The van der Waals surface area contributed by atoms with Crippen molar-refractivity contribution >= 4 is 18.3 Å². The van der Waals surface area contributed by atoms with Gasteiger partial charge in [0.05, 0.1) is 6.04 Å². The zero-order chi connectivity index (χ0) is 15.8. The summed E-state index contributed by atoms with van der Waals surface area (Å²) in [5.41, 5.74) is 6.73. The Hall–Kier alpha value is -1.37. The zero-order valence-corrected chi connectivity index (χ0v) is 14.5. The Morgan fingerprint density at radius 2 is 2.14 bits per heavy atom. The molecule has 1 atom stereocenters. The van der Waals surface area contributed by atoms with E-state index >= 15 is 0 Å². The van der Waals surface area contributed by atoms with E-state index in [1.54, 1.807) is 6.20 Å². The number of hydrogen-bond donors (Lipinski definition) is 2. The molecule has 1 aromatic rings. The summed E-state index contributed by atoms with van der Waals surface area (Å²) in [4.78, 5) is 18.0. The van der Waals surface area contributed by atoms with Crippen molar-refractivity contribution in [3.63, 3.8) is 0 Å². The highest BCUT2D eigenvalue weighted by Crippen LogP contribution is 2.09. The number of nitrogens with two attached hydrogens (primary N) is 1. The van der Waals surface area contributed by atoms with E-state index < -0.39 is 6.04 Å². The number of carbonyl (C=O) groups is 1. The largest absolute Gasteiger partial charge is 0.476 e. The van der Waals surface area contributed by atoms with E-state index in [1.807, 2.05) is 45.0 Å². The van der Waals surface area contributed by atoms with Gasteiger partial charge in [0.25, 0.3) is 0 Å². The van der Waals surface area contributed by atoms with Gasteiger partial charge in [-0.1, -0.05) is 13.8 Å². The topological polar surface area (TPSA) is 80.5 Å². The van der Waals surface area contributed by atoms with E-state index in [1.165, 1.54) is 0 Å². The van der Waals surface area contributed by atoms with Gasteiger partial charge in [0.15, 0.2) is 0 Å². The summed E-state index contributed by atoms with van der Waals surface area (Å²) >= 11 is 0. The van der Waals surface area contributed by atoms with Gasteiger partial charge in [0.1, 0.15) is 6.61 Å². The number of nitrogens with zero attached hydrogens (tertiary/aromatic N) is 2. The van der Waals surface area contributed by atoms with Crippen molar-refractivity contribution in [2.75, 3.05) is 27.2 Å². The SMILES string of the molecule is CC(C)[C@H](N)C(=O)NCc1ccnc(OCCN(C)C)c1.Cl. The maximum atomic E-state index is 11.8. The van der Waals surface area contributed by atoms with E-state index in [4.69, 9.17) is 10.5 Å². The highest BCUT2D eigenvalue weighted by Gasteiger charge is 2.16. The van der Waals surface area contributed by atoms with Gasteiger partial charge < -0.3 is 20.7 Å². The molecule has 0 spiro atoms. The predicted octanol–water partition coefficient (Wildman–Crippen LogP) is 1.04. The normalized spacial score (nSPS) is 12.0. The maximum absolute atomic E-state index is 11.8. The Kier molecular flexibility index (Phi) is 9.73. The van der Waals surface area contributed by atoms with Crippen LogP contribution in [0.3, 0.4) is 0 Å². The highest BCUT2D eigenvalue weighted by atomic mass is 35.5. The molecule has 1 amide bonds. The van der Waals surface area contributed by atoms with Crippen molar-refractivity contribution in [1.29, 1.82) is 0 Å². The molecule has 0 aromatic carbocycles. The summed E-state index contributed by atoms with van der Waals surface area (Å²) in [5.74, 6) is 0.543. The van der Waals surface area contributed by atoms with Crippen molar-refractivity contribution in [3.05, 3.63) is 23.9 Å². The number of likely N-dealkylation sites (N-methyl/N-ethyl adjacent to an activating group) is 1. The molecular weight excluding hydrogens is 304 g/mol. The van der Waals surface area contributed by atoms with Crippen molar-refractivity contribution in [2.24, 2.45) is 11.7 Å². The van der Waals surface area contributed by atoms with Gasteiger partial charge in [-0.2, -0.15) is 0 Å². The maximum Gasteiger partial charge on any atom is 0.237 e. The first-order chi connectivity index (χ1) is 9.90. The first kappa shape index (κ1) is 20.6. The van der Waals surface area contributed by atoms with Gasteiger partial charge >= 0.3 is 0 Å². The molecule has 1 rings (SSSR count). The first-order valence-electron chi connectivity index (χ1n) is 7.16. The van der Waals surface area contributed by atoms with Crippen LogP contribution < -0.4 is 15.8 Å². The van der Waals surface area contributed by atoms with Gasteiger partial charge in [-0.05, 0) is 31.6 Å². The van der Waals surface area contributed by atoms with Crippen molar-refractivity contribution in [2.45, 2.75) is 26.4 Å². The number of rotatable bonds is 8. The minimum atomic E-state index is -0.484. The van der Waals surface area contributed by atoms with Crippen LogP contribution in [0.15, 0.2) is 18.3 Å². The lowest BCUT2D eigenvalue weighted by Gasteiger charge is -2.15. The lowest BCUT2D eigenvalue weighted by atomic mass is 10.1. The molecule has 1 aromatic heterocycles. The zero-order valence-electron chi connectivity index (χ0n) is 13.7. The van der Waals surface area contributed by atoms with Crippen LogP contribution in [0.1, 0.15) is 19.4 Å². The second-order valence-electron chi connectivity index (χ2n) is 5.64. The molecule has 0 unspecified atom stereocenters. The Labute approximate surface area is 138 Å². The van der Waals surface area contributed by atoms with Crippen molar-refractivity contribution in [1.82, 2.24) is 15.2 Å². The third-order valence-corrected chi connectivity index (χ3v) is 3.08. The summed E-state index contributed by atoms with van der Waals surface area (Å²) < 4.78 is 5.56. The van der Waals surface area contributed by atoms with Crippen molar-refractivity contribution in [3.8, 4) is 5.88 Å².